The van der Waals surface area contributed by atoms with E-state index < -0.39 is 11.6 Å². The van der Waals surface area contributed by atoms with Crippen LogP contribution in [0.25, 0.3) is 0 Å². The van der Waals surface area contributed by atoms with Gasteiger partial charge < -0.3 is 15.8 Å². The van der Waals surface area contributed by atoms with E-state index in [1.54, 1.807) is 0 Å². The average Bonchev–Trinajstić information content (AvgIpc) is 2.34. The van der Waals surface area contributed by atoms with Crippen molar-refractivity contribution in [2.24, 2.45) is 5.73 Å². The summed E-state index contributed by atoms with van der Waals surface area (Å²) in [6, 6.07) is 3.30. The fraction of sp³-hybridized carbons (Fsp3) is 0.462. The Kier molecular flexibility index (Phi) is 6.38. The van der Waals surface area contributed by atoms with Crippen LogP contribution in [-0.2, 0) is 16.0 Å². The number of nitrogens with one attached hydrogen (secondary N) is 1. The second-order valence-electron chi connectivity index (χ2n) is 4.18. The topological polar surface area (TPSA) is 64.3 Å². The summed E-state index contributed by atoms with van der Waals surface area (Å²) in [4.78, 5) is 11.5. The smallest absolute Gasteiger partial charge is 0.222 e. The highest BCUT2D eigenvalue weighted by Crippen LogP contribution is 2.08. The zero-order valence-electron chi connectivity index (χ0n) is 10.8. The molecule has 106 valence electrons. The first kappa shape index (κ1) is 15.5. The van der Waals surface area contributed by atoms with Gasteiger partial charge in [-0.3, -0.25) is 4.79 Å². The van der Waals surface area contributed by atoms with Gasteiger partial charge in [0, 0.05) is 26.3 Å². The molecule has 1 aromatic rings. The monoisotopic (exact) mass is 272 g/mol. The van der Waals surface area contributed by atoms with E-state index in [0.29, 0.717) is 18.5 Å². The van der Waals surface area contributed by atoms with Gasteiger partial charge in [-0.25, -0.2) is 8.78 Å². The maximum Gasteiger partial charge on any atom is 0.222 e. The third kappa shape index (κ3) is 5.76. The molecule has 0 heterocycles. The van der Waals surface area contributed by atoms with Gasteiger partial charge in [0.15, 0.2) is 0 Å². The number of carbonyl (C=O) groups excluding carboxylic acids is 1. The Morgan fingerprint density at radius 3 is 2.53 bits per heavy atom. The van der Waals surface area contributed by atoms with Crippen LogP contribution < -0.4 is 11.1 Å². The third-order valence-electron chi connectivity index (χ3n) is 2.67. The van der Waals surface area contributed by atoms with Crippen molar-refractivity contribution >= 4 is 5.91 Å². The Hall–Kier alpha value is -1.53. The molecule has 4 nitrogen and oxygen atoms in total. The normalized spacial score (nSPS) is 12.2. The number of ether oxygens (including phenoxy) is 1. The van der Waals surface area contributed by atoms with E-state index in [1.165, 1.54) is 19.2 Å². The molecule has 0 aromatic heterocycles. The van der Waals surface area contributed by atoms with Crippen LogP contribution >= 0.6 is 0 Å². The van der Waals surface area contributed by atoms with Crippen molar-refractivity contribution in [1.82, 2.24) is 5.32 Å². The molecule has 1 rings (SSSR count). The predicted octanol–water partition coefficient (Wildman–Crippen LogP) is 0.987. The van der Waals surface area contributed by atoms with Gasteiger partial charge in [-0.2, -0.15) is 0 Å². The van der Waals surface area contributed by atoms with Gasteiger partial charge in [-0.15, -0.1) is 0 Å². The predicted molar refractivity (Wildman–Crippen MR) is 67.5 cm³/mol. The number of amides is 1. The zero-order chi connectivity index (χ0) is 14.3. The van der Waals surface area contributed by atoms with Crippen molar-refractivity contribution in [3.8, 4) is 0 Å². The molecule has 0 bridgehead atoms. The molecule has 0 spiro atoms. The summed E-state index contributed by atoms with van der Waals surface area (Å²) in [6.45, 7) is 0.571. The van der Waals surface area contributed by atoms with Gasteiger partial charge >= 0.3 is 0 Å². The van der Waals surface area contributed by atoms with E-state index in [4.69, 9.17) is 10.5 Å². The summed E-state index contributed by atoms with van der Waals surface area (Å²) in [7, 11) is 1.49. The molecule has 1 atom stereocenters. The van der Waals surface area contributed by atoms with E-state index in [2.05, 4.69) is 5.32 Å². The Morgan fingerprint density at radius 2 is 2.00 bits per heavy atom. The molecule has 1 unspecified atom stereocenters. The Bertz CT molecular complexity index is 403. The van der Waals surface area contributed by atoms with E-state index in [-0.39, 0.29) is 25.0 Å². The van der Waals surface area contributed by atoms with Crippen LogP contribution in [-0.4, -0.2) is 32.2 Å². The third-order valence-corrected chi connectivity index (χ3v) is 2.67. The lowest BCUT2D eigenvalue weighted by Crippen LogP contribution is -2.33. The second kappa shape index (κ2) is 7.81. The van der Waals surface area contributed by atoms with Crippen molar-refractivity contribution in [3.05, 3.63) is 35.4 Å². The molecule has 1 amide bonds. The van der Waals surface area contributed by atoms with Crippen LogP contribution in [0.3, 0.4) is 0 Å². The highest BCUT2D eigenvalue weighted by molar-refractivity contribution is 5.76. The first-order valence-electron chi connectivity index (χ1n) is 5.99. The van der Waals surface area contributed by atoms with E-state index in [9.17, 15) is 13.6 Å². The van der Waals surface area contributed by atoms with Gasteiger partial charge in [0.2, 0.25) is 5.91 Å². The van der Waals surface area contributed by atoms with Crippen molar-refractivity contribution in [3.63, 3.8) is 0 Å². The van der Waals surface area contributed by atoms with Crippen LogP contribution in [0.5, 0.6) is 0 Å². The Morgan fingerprint density at radius 1 is 1.37 bits per heavy atom. The number of benzene rings is 1. The largest absolute Gasteiger partial charge is 0.380 e. The molecule has 1 aromatic carbocycles. The number of hydrogen-bond donors (Lipinski definition) is 2. The van der Waals surface area contributed by atoms with Gasteiger partial charge in [0.05, 0.1) is 12.5 Å². The van der Waals surface area contributed by atoms with Crippen molar-refractivity contribution < 1.29 is 18.3 Å². The Balaban J connectivity index is 2.35. The first-order chi connectivity index (χ1) is 9.05. The van der Waals surface area contributed by atoms with Gasteiger partial charge in [0.25, 0.3) is 0 Å². The first-order valence-corrected chi connectivity index (χ1v) is 5.99. The average molecular weight is 272 g/mol. The van der Waals surface area contributed by atoms with Crippen LogP contribution in [0.1, 0.15) is 12.0 Å². The summed E-state index contributed by atoms with van der Waals surface area (Å²) in [5.74, 6) is -1.44. The molecular formula is C13H18F2N2O2. The number of rotatable bonds is 7. The second-order valence-corrected chi connectivity index (χ2v) is 4.18. The summed E-state index contributed by atoms with van der Waals surface area (Å²) >= 11 is 0. The number of carbonyl (C=O) groups is 1. The fourth-order valence-corrected chi connectivity index (χ4v) is 1.64. The minimum absolute atomic E-state index is 0.171. The van der Waals surface area contributed by atoms with Crippen LogP contribution in [0.15, 0.2) is 18.2 Å². The molecule has 0 aliphatic heterocycles. The molecule has 0 aliphatic rings. The van der Waals surface area contributed by atoms with Crippen LogP contribution in [0, 0.1) is 11.6 Å². The summed E-state index contributed by atoms with van der Waals surface area (Å²) in [6.07, 6.45) is 0.220. The molecule has 0 saturated carbocycles. The Labute approximate surface area is 110 Å². The van der Waals surface area contributed by atoms with Gasteiger partial charge in [-0.05, 0) is 24.1 Å². The number of nitrogens with two attached hydrogens (primary N) is 1. The van der Waals surface area contributed by atoms with Crippen molar-refractivity contribution in [2.75, 3.05) is 20.2 Å². The minimum Gasteiger partial charge on any atom is -0.380 e. The molecular weight excluding hydrogens is 254 g/mol. The molecule has 0 saturated heterocycles. The van der Waals surface area contributed by atoms with E-state index in [1.807, 2.05) is 0 Å². The SMILES string of the molecule is COC(CN)CC(=O)NCCc1cc(F)cc(F)c1. The molecule has 19 heavy (non-hydrogen) atoms. The van der Waals surface area contributed by atoms with E-state index in [0.717, 1.165) is 6.07 Å². The molecule has 0 fully saturated rings. The molecule has 3 N–H and O–H groups in total. The summed E-state index contributed by atoms with van der Waals surface area (Å²) in [5, 5.41) is 2.65. The van der Waals surface area contributed by atoms with Crippen LogP contribution in [0.4, 0.5) is 8.78 Å². The van der Waals surface area contributed by atoms with Crippen molar-refractivity contribution in [1.29, 1.82) is 0 Å². The minimum atomic E-state index is -0.621. The molecule has 0 radical (unpaired) electrons. The standard InChI is InChI=1S/C13H18F2N2O2/c1-19-12(8-16)7-13(18)17-3-2-9-4-10(14)6-11(15)5-9/h4-6,12H,2-3,7-8,16H2,1H3,(H,17,18). The number of hydrogen-bond acceptors (Lipinski definition) is 3. The zero-order valence-corrected chi connectivity index (χ0v) is 10.8. The fourth-order valence-electron chi connectivity index (χ4n) is 1.64. The maximum absolute atomic E-state index is 12.9. The highest BCUT2D eigenvalue weighted by atomic mass is 19.1. The highest BCUT2D eigenvalue weighted by Gasteiger charge is 2.10. The van der Waals surface area contributed by atoms with E-state index >= 15 is 0 Å². The number of methoxy groups -OCH3 is 1. The lowest BCUT2D eigenvalue weighted by molar-refractivity contribution is -0.123. The summed E-state index contributed by atoms with van der Waals surface area (Å²) < 4.78 is 30.8. The maximum atomic E-state index is 12.9. The molecule has 6 heteroatoms. The molecule has 0 aliphatic carbocycles. The van der Waals surface area contributed by atoms with Crippen LogP contribution in [0.2, 0.25) is 0 Å². The lowest BCUT2D eigenvalue weighted by Gasteiger charge is -2.12. The summed E-state index contributed by atoms with van der Waals surface area (Å²) in [5.41, 5.74) is 5.90. The van der Waals surface area contributed by atoms with Crippen molar-refractivity contribution in [2.45, 2.75) is 18.9 Å². The van der Waals surface area contributed by atoms with Gasteiger partial charge in [-0.1, -0.05) is 0 Å². The quantitative estimate of drug-likeness (QED) is 0.778. The lowest BCUT2D eigenvalue weighted by atomic mass is 10.1. The van der Waals surface area contributed by atoms with Gasteiger partial charge in [0.1, 0.15) is 11.6 Å². The number of halogens is 2.